The van der Waals surface area contributed by atoms with Crippen LogP contribution in [0.4, 0.5) is 10.2 Å². The van der Waals surface area contributed by atoms with E-state index in [-0.39, 0.29) is 5.82 Å². The molecule has 4 aromatic rings. The molecule has 29 heavy (non-hydrogen) atoms. The summed E-state index contributed by atoms with van der Waals surface area (Å²) in [5.74, 6) is 1.23. The molecule has 4 rings (SSSR count). The second-order valence-electron chi connectivity index (χ2n) is 6.79. The molecule has 0 aliphatic heterocycles. The molecule has 0 aliphatic rings. The van der Waals surface area contributed by atoms with E-state index in [2.05, 4.69) is 39.6 Å². The normalized spacial score (nSPS) is 10.8. The van der Waals surface area contributed by atoms with Crippen LogP contribution in [0.15, 0.2) is 79.1 Å². The van der Waals surface area contributed by atoms with Crippen LogP contribution in [0.3, 0.4) is 0 Å². The number of fused-ring (bicyclic) bond motifs is 1. The molecule has 1 N–H and O–H groups in total. The molecule has 0 saturated heterocycles. The molecule has 0 spiro atoms. The van der Waals surface area contributed by atoms with Crippen molar-refractivity contribution in [3.8, 4) is 5.75 Å². The number of nitrogens with zero attached hydrogens (tertiary/aromatic N) is 2. The zero-order chi connectivity index (χ0) is 19.9. The van der Waals surface area contributed by atoms with E-state index in [9.17, 15) is 4.39 Å². The molecule has 5 heteroatoms. The standard InChI is InChI=1S/C24H22FN3O/c25-20-8-11-23-22(16-20)24(28-17-27-23)26-14-12-19-6-9-21(10-7-19)29-15-13-18-4-2-1-3-5-18/h1-11,16-17H,12-15H2,(H,26,27,28). The van der Waals surface area contributed by atoms with E-state index in [4.69, 9.17) is 4.74 Å². The molecular weight excluding hydrogens is 365 g/mol. The molecule has 0 radical (unpaired) electrons. The van der Waals surface area contributed by atoms with Gasteiger partial charge in [0.15, 0.2) is 0 Å². The summed E-state index contributed by atoms with van der Waals surface area (Å²) < 4.78 is 19.4. The Labute approximate surface area is 169 Å². The van der Waals surface area contributed by atoms with E-state index >= 15 is 0 Å². The van der Waals surface area contributed by atoms with E-state index in [1.54, 1.807) is 6.07 Å². The summed E-state index contributed by atoms with van der Waals surface area (Å²) in [6.45, 7) is 1.35. The van der Waals surface area contributed by atoms with Crippen LogP contribution in [0.1, 0.15) is 11.1 Å². The topological polar surface area (TPSA) is 47.0 Å². The minimum atomic E-state index is -0.293. The Morgan fingerprint density at radius 1 is 0.828 bits per heavy atom. The fraction of sp³-hybridized carbons (Fsp3) is 0.167. The highest BCUT2D eigenvalue weighted by Gasteiger charge is 2.05. The number of ether oxygens (including phenoxy) is 1. The number of hydrogen-bond donors (Lipinski definition) is 1. The van der Waals surface area contributed by atoms with Gasteiger partial charge in [-0.1, -0.05) is 42.5 Å². The van der Waals surface area contributed by atoms with Gasteiger partial charge in [-0.15, -0.1) is 0 Å². The van der Waals surface area contributed by atoms with Crippen molar-refractivity contribution in [3.63, 3.8) is 0 Å². The maximum atomic E-state index is 13.5. The highest BCUT2D eigenvalue weighted by atomic mass is 19.1. The largest absolute Gasteiger partial charge is 0.493 e. The lowest BCUT2D eigenvalue weighted by atomic mass is 10.1. The Morgan fingerprint density at radius 3 is 2.45 bits per heavy atom. The van der Waals surface area contributed by atoms with E-state index < -0.39 is 0 Å². The van der Waals surface area contributed by atoms with Crippen molar-refractivity contribution in [1.82, 2.24) is 9.97 Å². The van der Waals surface area contributed by atoms with E-state index in [0.29, 0.717) is 24.4 Å². The predicted octanol–water partition coefficient (Wildman–Crippen LogP) is 5.05. The van der Waals surface area contributed by atoms with Gasteiger partial charge in [0.1, 0.15) is 23.7 Å². The Balaban J connectivity index is 1.28. The number of halogens is 1. The van der Waals surface area contributed by atoms with Gasteiger partial charge in [-0.05, 0) is 47.9 Å². The maximum Gasteiger partial charge on any atom is 0.137 e. The summed E-state index contributed by atoms with van der Waals surface area (Å²) in [6, 6.07) is 23.0. The lowest BCUT2D eigenvalue weighted by Gasteiger charge is -2.10. The first kappa shape index (κ1) is 18.9. The monoisotopic (exact) mass is 387 g/mol. The van der Waals surface area contributed by atoms with Gasteiger partial charge in [-0.3, -0.25) is 0 Å². The van der Waals surface area contributed by atoms with Gasteiger partial charge in [0.25, 0.3) is 0 Å². The van der Waals surface area contributed by atoms with Crippen molar-refractivity contribution in [2.75, 3.05) is 18.5 Å². The Morgan fingerprint density at radius 2 is 1.62 bits per heavy atom. The number of aromatic nitrogens is 2. The molecule has 146 valence electrons. The molecule has 0 amide bonds. The van der Waals surface area contributed by atoms with Crippen LogP contribution in [0, 0.1) is 5.82 Å². The van der Waals surface area contributed by atoms with Crippen molar-refractivity contribution in [3.05, 3.63) is 96.1 Å². The summed E-state index contributed by atoms with van der Waals surface area (Å²) in [7, 11) is 0. The van der Waals surface area contributed by atoms with Crippen LogP contribution in [-0.4, -0.2) is 23.1 Å². The number of anilines is 1. The van der Waals surface area contributed by atoms with Gasteiger partial charge in [0.2, 0.25) is 0 Å². The third-order valence-electron chi connectivity index (χ3n) is 4.73. The highest BCUT2D eigenvalue weighted by Crippen LogP contribution is 2.20. The van der Waals surface area contributed by atoms with Gasteiger partial charge in [-0.2, -0.15) is 0 Å². The fourth-order valence-electron chi connectivity index (χ4n) is 3.18. The summed E-state index contributed by atoms with van der Waals surface area (Å²) in [5, 5.41) is 3.97. The molecule has 1 aromatic heterocycles. The van der Waals surface area contributed by atoms with Gasteiger partial charge < -0.3 is 10.1 Å². The van der Waals surface area contributed by atoms with Gasteiger partial charge in [0.05, 0.1) is 12.1 Å². The molecule has 4 nitrogen and oxygen atoms in total. The first-order valence-corrected chi connectivity index (χ1v) is 9.68. The number of hydrogen-bond acceptors (Lipinski definition) is 4. The van der Waals surface area contributed by atoms with E-state index in [1.807, 2.05) is 30.3 Å². The first-order chi connectivity index (χ1) is 14.3. The SMILES string of the molecule is Fc1ccc2ncnc(NCCc3ccc(OCCc4ccccc4)cc3)c2c1. The number of rotatable bonds is 8. The van der Waals surface area contributed by atoms with Gasteiger partial charge in [-0.25, -0.2) is 14.4 Å². The van der Waals surface area contributed by atoms with Gasteiger partial charge >= 0.3 is 0 Å². The van der Waals surface area contributed by atoms with Crippen molar-refractivity contribution in [1.29, 1.82) is 0 Å². The minimum Gasteiger partial charge on any atom is -0.493 e. The molecule has 0 unspecified atom stereocenters. The lowest BCUT2D eigenvalue weighted by molar-refractivity contribution is 0.322. The Hall–Kier alpha value is -3.47. The highest BCUT2D eigenvalue weighted by molar-refractivity contribution is 5.88. The summed E-state index contributed by atoms with van der Waals surface area (Å²) in [6.07, 6.45) is 3.20. The van der Waals surface area contributed by atoms with Gasteiger partial charge in [0, 0.05) is 18.4 Å². The second-order valence-corrected chi connectivity index (χ2v) is 6.79. The molecule has 0 atom stereocenters. The Kier molecular flexibility index (Phi) is 5.95. The average Bonchev–Trinajstić information content (AvgIpc) is 2.76. The third kappa shape index (κ3) is 5.08. The molecule has 0 bridgehead atoms. The van der Waals surface area contributed by atoms with Crippen LogP contribution in [0.2, 0.25) is 0 Å². The smallest absolute Gasteiger partial charge is 0.137 e. The van der Waals surface area contributed by atoms with E-state index in [0.717, 1.165) is 24.1 Å². The zero-order valence-electron chi connectivity index (χ0n) is 16.0. The molecule has 0 fully saturated rings. The molecule has 3 aromatic carbocycles. The summed E-state index contributed by atoms with van der Waals surface area (Å²) >= 11 is 0. The quantitative estimate of drug-likeness (QED) is 0.460. The zero-order valence-corrected chi connectivity index (χ0v) is 16.0. The van der Waals surface area contributed by atoms with Crippen LogP contribution >= 0.6 is 0 Å². The number of nitrogens with one attached hydrogen (secondary N) is 1. The fourth-order valence-corrected chi connectivity index (χ4v) is 3.18. The van der Waals surface area contributed by atoms with Crippen molar-refractivity contribution in [2.45, 2.75) is 12.8 Å². The lowest BCUT2D eigenvalue weighted by Crippen LogP contribution is -2.07. The first-order valence-electron chi connectivity index (χ1n) is 9.68. The summed E-state index contributed by atoms with van der Waals surface area (Å²) in [5.41, 5.74) is 3.19. The number of benzene rings is 3. The minimum absolute atomic E-state index is 0.293. The molecule has 0 aliphatic carbocycles. The average molecular weight is 387 g/mol. The predicted molar refractivity (Wildman–Crippen MR) is 114 cm³/mol. The Bertz CT molecular complexity index is 1070. The maximum absolute atomic E-state index is 13.5. The third-order valence-corrected chi connectivity index (χ3v) is 4.73. The molecular formula is C24H22FN3O. The van der Waals surface area contributed by atoms with Crippen molar-refractivity contribution < 1.29 is 9.13 Å². The van der Waals surface area contributed by atoms with Crippen LogP contribution in [-0.2, 0) is 12.8 Å². The molecule has 0 saturated carbocycles. The second kappa shape index (κ2) is 9.15. The van der Waals surface area contributed by atoms with Crippen molar-refractivity contribution in [2.24, 2.45) is 0 Å². The molecule has 1 heterocycles. The van der Waals surface area contributed by atoms with E-state index in [1.165, 1.54) is 29.6 Å². The van der Waals surface area contributed by atoms with Crippen LogP contribution in [0.25, 0.3) is 10.9 Å². The summed E-state index contributed by atoms with van der Waals surface area (Å²) in [4.78, 5) is 8.41. The van der Waals surface area contributed by atoms with Crippen LogP contribution in [0.5, 0.6) is 5.75 Å². The van der Waals surface area contributed by atoms with Crippen LogP contribution < -0.4 is 10.1 Å². The van der Waals surface area contributed by atoms with Crippen molar-refractivity contribution >= 4 is 16.7 Å².